The molecule has 0 radical (unpaired) electrons. The molecule has 5 rings (SSSR count). The largest absolute Gasteiger partial charge is 0.453 e. The van der Waals surface area contributed by atoms with Gasteiger partial charge in [-0.15, -0.1) is 0 Å². The van der Waals surface area contributed by atoms with Crippen molar-refractivity contribution < 1.29 is 27.1 Å². The lowest BCUT2D eigenvalue weighted by Gasteiger charge is -2.40. The third kappa shape index (κ3) is 6.88. The maximum absolute atomic E-state index is 13.0. The zero-order chi connectivity index (χ0) is 28.1. The van der Waals surface area contributed by atoms with Crippen LogP contribution in [0.15, 0.2) is 59.1 Å². The summed E-state index contributed by atoms with van der Waals surface area (Å²) >= 11 is 0. The van der Waals surface area contributed by atoms with E-state index < -0.39 is 17.8 Å². The van der Waals surface area contributed by atoms with Gasteiger partial charge in [-0.25, -0.2) is 9.78 Å². The van der Waals surface area contributed by atoms with Gasteiger partial charge in [-0.1, -0.05) is 25.0 Å². The quantitative estimate of drug-likeness (QED) is 0.305. The van der Waals surface area contributed by atoms with Crippen LogP contribution in [0.4, 0.5) is 35.4 Å². The molecule has 1 aliphatic heterocycles. The van der Waals surface area contributed by atoms with Gasteiger partial charge in [-0.05, 0) is 62.1 Å². The minimum absolute atomic E-state index is 0.133. The molecule has 0 bridgehead atoms. The molecular formula is C29H34F3N5O3. The number of nitrogens with zero attached hydrogens (tertiary/aromatic N) is 2. The fraction of sp³-hybridized carbons (Fsp3) is 0.448. The van der Waals surface area contributed by atoms with E-state index in [1.807, 2.05) is 12.1 Å². The molecule has 1 saturated heterocycles. The molecule has 40 heavy (non-hydrogen) atoms. The van der Waals surface area contributed by atoms with Crippen molar-refractivity contribution in [1.29, 1.82) is 0 Å². The standard InChI is InChI=1S/C29H34F3N5O3/c1-39-28(38)35-21-7-4-6-19(16-21)26-17-33-27(40-26)36-25-10-3-2-9-24(25)34-22-8-5-15-37(18-22)23-13-11-20(12-14-23)29(30,31)32/h4,6-7,11-14,16-17,22,24-25,34H,2-3,5,8-10,15,18H2,1H3,(H,33,36)(H,35,38). The second-order valence-corrected chi connectivity index (χ2v) is 10.4. The van der Waals surface area contributed by atoms with Crippen molar-refractivity contribution in [1.82, 2.24) is 10.3 Å². The minimum Gasteiger partial charge on any atom is -0.453 e. The maximum Gasteiger partial charge on any atom is 0.416 e. The number of benzene rings is 2. The molecule has 2 aromatic carbocycles. The van der Waals surface area contributed by atoms with E-state index in [0.29, 0.717) is 17.5 Å². The van der Waals surface area contributed by atoms with Crippen molar-refractivity contribution in [2.24, 2.45) is 0 Å². The number of halogens is 3. The Hall–Kier alpha value is -3.73. The van der Waals surface area contributed by atoms with E-state index in [0.717, 1.165) is 75.0 Å². The molecule has 3 unspecified atom stereocenters. The second kappa shape index (κ2) is 12.2. The molecule has 8 nitrogen and oxygen atoms in total. The van der Waals surface area contributed by atoms with Crippen molar-refractivity contribution in [3.05, 3.63) is 60.3 Å². The molecule has 1 aliphatic carbocycles. The number of hydrogen-bond donors (Lipinski definition) is 3. The van der Waals surface area contributed by atoms with Crippen molar-refractivity contribution >= 4 is 23.5 Å². The summed E-state index contributed by atoms with van der Waals surface area (Å²) in [6.45, 7) is 1.57. The monoisotopic (exact) mass is 557 g/mol. The normalized spacial score (nSPS) is 21.6. The van der Waals surface area contributed by atoms with E-state index in [2.05, 4.69) is 30.6 Å². The predicted molar refractivity (Wildman–Crippen MR) is 147 cm³/mol. The van der Waals surface area contributed by atoms with E-state index >= 15 is 0 Å². The van der Waals surface area contributed by atoms with E-state index in [9.17, 15) is 18.0 Å². The number of nitrogens with one attached hydrogen (secondary N) is 3. The summed E-state index contributed by atoms with van der Waals surface area (Å²) in [4.78, 5) is 18.1. The smallest absolute Gasteiger partial charge is 0.416 e. The van der Waals surface area contributed by atoms with Crippen LogP contribution in [0, 0.1) is 0 Å². The molecular weight excluding hydrogens is 523 g/mol. The number of piperidine rings is 1. The molecule has 2 heterocycles. The van der Waals surface area contributed by atoms with Gasteiger partial charge >= 0.3 is 12.3 Å². The first kappa shape index (κ1) is 27.8. The summed E-state index contributed by atoms with van der Waals surface area (Å²) in [5, 5.41) is 9.95. The first-order valence-electron chi connectivity index (χ1n) is 13.6. The van der Waals surface area contributed by atoms with Gasteiger partial charge in [0, 0.05) is 48.2 Å². The summed E-state index contributed by atoms with van der Waals surface area (Å²) in [5.74, 6) is 0.579. The van der Waals surface area contributed by atoms with Crippen molar-refractivity contribution in [2.45, 2.75) is 62.8 Å². The van der Waals surface area contributed by atoms with Crippen molar-refractivity contribution in [3.8, 4) is 11.3 Å². The first-order chi connectivity index (χ1) is 19.3. The number of rotatable bonds is 7. The Morgan fingerprint density at radius 1 is 1.05 bits per heavy atom. The van der Waals surface area contributed by atoms with E-state index in [-0.39, 0.29) is 18.1 Å². The van der Waals surface area contributed by atoms with Crippen LogP contribution >= 0.6 is 0 Å². The lowest BCUT2D eigenvalue weighted by Crippen LogP contribution is -2.54. The molecule has 0 spiro atoms. The number of carbonyl (C=O) groups is 1. The lowest BCUT2D eigenvalue weighted by molar-refractivity contribution is -0.137. The van der Waals surface area contributed by atoms with Crippen LogP contribution in [-0.2, 0) is 10.9 Å². The topological polar surface area (TPSA) is 91.7 Å². The average molecular weight is 558 g/mol. The van der Waals surface area contributed by atoms with Gasteiger partial charge in [0.2, 0.25) is 0 Å². The molecule has 3 atom stereocenters. The molecule has 1 amide bonds. The third-order valence-electron chi connectivity index (χ3n) is 7.59. The summed E-state index contributed by atoms with van der Waals surface area (Å²) in [5.41, 5.74) is 1.55. The Labute approximate surface area is 231 Å². The highest BCUT2D eigenvalue weighted by atomic mass is 19.4. The number of carbonyl (C=O) groups excluding carboxylic acids is 1. The van der Waals surface area contributed by atoms with Crippen LogP contribution in [0.3, 0.4) is 0 Å². The summed E-state index contributed by atoms with van der Waals surface area (Å²) in [6.07, 6.45) is 2.99. The number of aromatic nitrogens is 1. The number of anilines is 3. The van der Waals surface area contributed by atoms with Gasteiger partial charge in [0.05, 0.1) is 18.9 Å². The number of methoxy groups -OCH3 is 1. The lowest BCUT2D eigenvalue weighted by atomic mass is 9.89. The van der Waals surface area contributed by atoms with Crippen molar-refractivity contribution in [3.63, 3.8) is 0 Å². The van der Waals surface area contributed by atoms with Gasteiger partial charge in [-0.3, -0.25) is 5.32 Å². The molecule has 2 fully saturated rings. The zero-order valence-electron chi connectivity index (χ0n) is 22.3. The van der Waals surface area contributed by atoms with Crippen LogP contribution < -0.4 is 20.9 Å². The Balaban J connectivity index is 1.20. The average Bonchev–Trinajstić information content (AvgIpc) is 3.42. The highest BCUT2D eigenvalue weighted by Gasteiger charge is 2.32. The van der Waals surface area contributed by atoms with Gasteiger partial charge < -0.3 is 24.7 Å². The fourth-order valence-corrected chi connectivity index (χ4v) is 5.57. The molecule has 3 aromatic rings. The van der Waals surface area contributed by atoms with Crippen LogP contribution in [-0.4, -0.2) is 49.4 Å². The van der Waals surface area contributed by atoms with Gasteiger partial charge in [-0.2, -0.15) is 13.2 Å². The number of alkyl halides is 3. The molecule has 1 saturated carbocycles. The first-order valence-corrected chi connectivity index (χ1v) is 13.6. The maximum atomic E-state index is 13.0. The van der Waals surface area contributed by atoms with Crippen LogP contribution in [0.1, 0.15) is 44.1 Å². The number of amides is 1. The zero-order valence-corrected chi connectivity index (χ0v) is 22.3. The third-order valence-corrected chi connectivity index (χ3v) is 7.59. The number of ether oxygens (including phenoxy) is 1. The second-order valence-electron chi connectivity index (χ2n) is 10.4. The van der Waals surface area contributed by atoms with E-state index in [1.54, 1.807) is 30.5 Å². The summed E-state index contributed by atoms with van der Waals surface area (Å²) in [6, 6.07) is 13.7. The Kier molecular flexibility index (Phi) is 8.49. The fourth-order valence-electron chi connectivity index (χ4n) is 5.57. The highest BCUT2D eigenvalue weighted by Crippen LogP contribution is 2.32. The van der Waals surface area contributed by atoms with Crippen LogP contribution in [0.2, 0.25) is 0 Å². The van der Waals surface area contributed by atoms with Gasteiger partial charge in [0.1, 0.15) is 0 Å². The molecule has 2 aliphatic rings. The van der Waals surface area contributed by atoms with Crippen LogP contribution in [0.25, 0.3) is 11.3 Å². The Morgan fingerprint density at radius 3 is 2.58 bits per heavy atom. The van der Waals surface area contributed by atoms with Gasteiger partial charge in [0.15, 0.2) is 5.76 Å². The highest BCUT2D eigenvalue weighted by molar-refractivity contribution is 5.85. The van der Waals surface area contributed by atoms with E-state index in [4.69, 9.17) is 4.42 Å². The number of hydrogen-bond acceptors (Lipinski definition) is 7. The Bertz CT molecular complexity index is 1280. The summed E-state index contributed by atoms with van der Waals surface area (Å²) < 4.78 is 49.6. The Morgan fingerprint density at radius 2 is 1.82 bits per heavy atom. The number of oxazole rings is 1. The predicted octanol–water partition coefficient (Wildman–Crippen LogP) is 6.52. The van der Waals surface area contributed by atoms with Gasteiger partial charge in [0.25, 0.3) is 6.01 Å². The van der Waals surface area contributed by atoms with E-state index in [1.165, 1.54) is 7.11 Å². The molecule has 1 aromatic heterocycles. The summed E-state index contributed by atoms with van der Waals surface area (Å²) in [7, 11) is 1.31. The molecule has 11 heteroatoms. The van der Waals surface area contributed by atoms with Crippen molar-refractivity contribution in [2.75, 3.05) is 35.7 Å². The minimum atomic E-state index is -4.33. The van der Waals surface area contributed by atoms with Crippen LogP contribution in [0.5, 0.6) is 0 Å². The SMILES string of the molecule is COC(=O)Nc1cccc(-c2cnc(NC3CCCCC3NC3CCCN(c4ccc(C(F)(F)F)cc4)C3)o2)c1. The molecule has 214 valence electrons. The molecule has 3 N–H and O–H groups in total.